The van der Waals surface area contributed by atoms with E-state index in [1.54, 1.807) is 31.4 Å². The molecule has 0 aliphatic rings. The Morgan fingerprint density at radius 3 is 2.88 bits per heavy atom. The Labute approximate surface area is 92.1 Å². The number of rotatable bonds is 2. The number of nitrogens with one attached hydrogen (secondary N) is 1. The predicted molar refractivity (Wildman–Crippen MR) is 59.8 cm³/mol. The van der Waals surface area contributed by atoms with E-state index in [0.29, 0.717) is 17.2 Å². The van der Waals surface area contributed by atoms with Gasteiger partial charge in [0.2, 0.25) is 0 Å². The van der Waals surface area contributed by atoms with Gasteiger partial charge in [0.1, 0.15) is 17.2 Å². The lowest BCUT2D eigenvalue weighted by Gasteiger charge is -2.02. The van der Waals surface area contributed by atoms with Crippen molar-refractivity contribution in [1.29, 1.82) is 0 Å². The SMILES string of the molecule is Cn1ncc(C(=O)Nc2ccccn2)c1N. The van der Waals surface area contributed by atoms with Gasteiger partial charge in [-0.3, -0.25) is 9.48 Å². The summed E-state index contributed by atoms with van der Waals surface area (Å²) in [6.07, 6.45) is 3.02. The van der Waals surface area contributed by atoms with E-state index >= 15 is 0 Å². The maximum atomic E-state index is 11.8. The Morgan fingerprint density at radius 1 is 1.50 bits per heavy atom. The van der Waals surface area contributed by atoms with E-state index in [9.17, 15) is 4.79 Å². The molecule has 82 valence electrons. The van der Waals surface area contributed by atoms with Crippen molar-refractivity contribution in [2.45, 2.75) is 0 Å². The zero-order valence-corrected chi connectivity index (χ0v) is 8.71. The molecule has 2 aromatic heterocycles. The number of aromatic nitrogens is 3. The van der Waals surface area contributed by atoms with Crippen molar-refractivity contribution in [3.63, 3.8) is 0 Å². The van der Waals surface area contributed by atoms with Crippen LogP contribution in [-0.2, 0) is 7.05 Å². The molecule has 0 aromatic carbocycles. The van der Waals surface area contributed by atoms with Crippen LogP contribution in [0.25, 0.3) is 0 Å². The molecule has 2 heterocycles. The molecule has 16 heavy (non-hydrogen) atoms. The zero-order valence-electron chi connectivity index (χ0n) is 8.71. The van der Waals surface area contributed by atoms with Gasteiger partial charge in [-0.05, 0) is 12.1 Å². The standard InChI is InChI=1S/C10H11N5O/c1-15-9(11)7(6-13-15)10(16)14-8-4-2-3-5-12-8/h2-6H,11H2,1H3,(H,12,14,16). The molecule has 0 bridgehead atoms. The third-order valence-electron chi connectivity index (χ3n) is 2.14. The van der Waals surface area contributed by atoms with Crippen LogP contribution in [0, 0.1) is 0 Å². The highest BCUT2D eigenvalue weighted by molar-refractivity contribution is 6.06. The summed E-state index contributed by atoms with van der Waals surface area (Å²) in [5, 5.41) is 6.52. The second-order valence-electron chi connectivity index (χ2n) is 3.24. The number of nitrogens with zero attached hydrogens (tertiary/aromatic N) is 3. The van der Waals surface area contributed by atoms with Crippen LogP contribution in [0.2, 0.25) is 0 Å². The molecule has 0 spiro atoms. The van der Waals surface area contributed by atoms with Crippen molar-refractivity contribution in [1.82, 2.24) is 14.8 Å². The van der Waals surface area contributed by atoms with E-state index < -0.39 is 0 Å². The summed E-state index contributed by atoms with van der Waals surface area (Å²) in [5.41, 5.74) is 6.02. The number of carbonyl (C=O) groups excluding carboxylic acids is 1. The Kier molecular flexibility index (Phi) is 2.55. The number of carbonyl (C=O) groups is 1. The Hall–Kier alpha value is -2.37. The molecule has 6 heteroatoms. The highest BCUT2D eigenvalue weighted by atomic mass is 16.1. The summed E-state index contributed by atoms with van der Waals surface area (Å²) in [6.45, 7) is 0. The monoisotopic (exact) mass is 217 g/mol. The number of nitrogens with two attached hydrogens (primary N) is 1. The maximum Gasteiger partial charge on any atom is 0.262 e. The number of pyridine rings is 1. The van der Waals surface area contributed by atoms with Gasteiger partial charge in [-0.15, -0.1) is 0 Å². The molecule has 6 nitrogen and oxygen atoms in total. The summed E-state index contributed by atoms with van der Waals surface area (Å²) < 4.78 is 1.44. The summed E-state index contributed by atoms with van der Waals surface area (Å²) in [7, 11) is 1.67. The van der Waals surface area contributed by atoms with Crippen molar-refractivity contribution in [3.8, 4) is 0 Å². The van der Waals surface area contributed by atoms with E-state index in [0.717, 1.165) is 0 Å². The highest BCUT2D eigenvalue weighted by Crippen LogP contribution is 2.11. The molecule has 2 aromatic rings. The van der Waals surface area contributed by atoms with Gasteiger partial charge in [0.15, 0.2) is 0 Å². The van der Waals surface area contributed by atoms with Crippen LogP contribution in [0.5, 0.6) is 0 Å². The molecule has 0 atom stereocenters. The summed E-state index contributed by atoms with van der Waals surface area (Å²) in [4.78, 5) is 15.7. The molecule has 0 fully saturated rings. The van der Waals surface area contributed by atoms with E-state index in [1.165, 1.54) is 10.9 Å². The molecule has 0 radical (unpaired) electrons. The van der Waals surface area contributed by atoms with Crippen LogP contribution in [0.3, 0.4) is 0 Å². The number of amides is 1. The van der Waals surface area contributed by atoms with Gasteiger partial charge in [0.05, 0.1) is 6.20 Å². The quantitative estimate of drug-likeness (QED) is 0.773. The van der Waals surface area contributed by atoms with Crippen LogP contribution >= 0.6 is 0 Å². The normalized spacial score (nSPS) is 10.1. The highest BCUT2D eigenvalue weighted by Gasteiger charge is 2.13. The number of hydrogen-bond donors (Lipinski definition) is 2. The summed E-state index contributed by atoms with van der Waals surface area (Å²) in [5.74, 6) is 0.494. The van der Waals surface area contributed by atoms with Crippen molar-refractivity contribution in [3.05, 3.63) is 36.2 Å². The molecule has 0 saturated heterocycles. The second kappa shape index (κ2) is 4.01. The molecule has 2 rings (SSSR count). The Bertz CT molecular complexity index is 505. The maximum absolute atomic E-state index is 11.8. The van der Waals surface area contributed by atoms with Gasteiger partial charge < -0.3 is 11.1 Å². The fourth-order valence-electron chi connectivity index (χ4n) is 1.24. The molecule has 0 aliphatic carbocycles. The van der Waals surface area contributed by atoms with Crippen molar-refractivity contribution in [2.75, 3.05) is 11.1 Å². The number of nitrogen functional groups attached to an aromatic ring is 1. The number of hydrogen-bond acceptors (Lipinski definition) is 4. The average Bonchev–Trinajstić information content (AvgIpc) is 2.61. The van der Waals surface area contributed by atoms with Crippen molar-refractivity contribution >= 4 is 17.5 Å². The van der Waals surface area contributed by atoms with Gasteiger partial charge in [0, 0.05) is 13.2 Å². The first-order valence-corrected chi connectivity index (χ1v) is 4.68. The molecule has 3 N–H and O–H groups in total. The lowest BCUT2D eigenvalue weighted by atomic mass is 10.3. The van der Waals surface area contributed by atoms with Gasteiger partial charge in [-0.25, -0.2) is 4.98 Å². The first kappa shape index (κ1) is 10.2. The number of anilines is 2. The third-order valence-corrected chi connectivity index (χ3v) is 2.14. The van der Waals surface area contributed by atoms with Gasteiger partial charge in [0.25, 0.3) is 5.91 Å². The average molecular weight is 217 g/mol. The molecule has 0 aliphatic heterocycles. The predicted octanol–water partition coefficient (Wildman–Crippen LogP) is 0.650. The molecular formula is C10H11N5O. The topological polar surface area (TPSA) is 85.8 Å². The molecular weight excluding hydrogens is 206 g/mol. The second-order valence-corrected chi connectivity index (χ2v) is 3.24. The van der Waals surface area contributed by atoms with Crippen molar-refractivity contribution in [2.24, 2.45) is 7.05 Å². The largest absolute Gasteiger partial charge is 0.383 e. The van der Waals surface area contributed by atoms with Gasteiger partial charge in [-0.2, -0.15) is 5.10 Å². The van der Waals surface area contributed by atoms with Crippen LogP contribution in [-0.4, -0.2) is 20.7 Å². The lowest BCUT2D eigenvalue weighted by molar-refractivity contribution is 0.102. The molecule has 1 amide bonds. The van der Waals surface area contributed by atoms with E-state index in [-0.39, 0.29) is 5.91 Å². The third kappa shape index (κ3) is 1.85. The van der Waals surface area contributed by atoms with Crippen LogP contribution in [0.4, 0.5) is 11.6 Å². The first-order chi connectivity index (χ1) is 7.68. The van der Waals surface area contributed by atoms with Gasteiger partial charge in [-0.1, -0.05) is 6.07 Å². The Balaban J connectivity index is 2.18. The van der Waals surface area contributed by atoms with E-state index in [1.807, 2.05) is 0 Å². The minimum absolute atomic E-state index is 0.315. The van der Waals surface area contributed by atoms with Crippen LogP contribution in [0.15, 0.2) is 30.6 Å². The fourth-order valence-corrected chi connectivity index (χ4v) is 1.24. The molecule has 0 unspecified atom stereocenters. The minimum Gasteiger partial charge on any atom is -0.383 e. The summed E-state index contributed by atoms with van der Waals surface area (Å²) in [6, 6.07) is 5.26. The molecule has 0 saturated carbocycles. The smallest absolute Gasteiger partial charge is 0.262 e. The fraction of sp³-hybridized carbons (Fsp3) is 0.100. The van der Waals surface area contributed by atoms with Crippen molar-refractivity contribution < 1.29 is 4.79 Å². The summed E-state index contributed by atoms with van der Waals surface area (Å²) >= 11 is 0. The number of aryl methyl sites for hydroxylation is 1. The van der Waals surface area contributed by atoms with E-state index in [4.69, 9.17) is 5.73 Å². The first-order valence-electron chi connectivity index (χ1n) is 4.68. The minimum atomic E-state index is -0.315. The van der Waals surface area contributed by atoms with Crippen LogP contribution in [0.1, 0.15) is 10.4 Å². The van der Waals surface area contributed by atoms with E-state index in [2.05, 4.69) is 15.4 Å². The lowest BCUT2D eigenvalue weighted by Crippen LogP contribution is -2.14. The van der Waals surface area contributed by atoms with Crippen LogP contribution < -0.4 is 11.1 Å². The van der Waals surface area contributed by atoms with Gasteiger partial charge >= 0.3 is 0 Å². The zero-order chi connectivity index (χ0) is 11.5. The Morgan fingerprint density at radius 2 is 2.31 bits per heavy atom.